The number of imidazole rings is 1. The van der Waals surface area contributed by atoms with Crippen molar-refractivity contribution in [2.75, 3.05) is 0 Å². The molecule has 0 aliphatic heterocycles. The monoisotopic (exact) mass is 363 g/mol. The number of nitrogens with zero attached hydrogens (tertiary/aromatic N) is 3. The lowest BCUT2D eigenvalue weighted by molar-refractivity contribution is -0.146. The highest BCUT2D eigenvalue weighted by atomic mass is 16.5. The molecular formula is C20H17N3O4. The van der Waals surface area contributed by atoms with Crippen LogP contribution in [0.3, 0.4) is 0 Å². The average Bonchev–Trinajstić information content (AvgIpc) is 3.27. The summed E-state index contributed by atoms with van der Waals surface area (Å²) < 4.78 is 13.7. The summed E-state index contributed by atoms with van der Waals surface area (Å²) in [6.45, 7) is -0.266. The summed E-state index contributed by atoms with van der Waals surface area (Å²) in [6, 6.07) is 16.8. The molecule has 4 aromatic rings. The molecule has 0 amide bonds. The van der Waals surface area contributed by atoms with Crippen molar-refractivity contribution in [3.05, 3.63) is 77.2 Å². The lowest BCUT2D eigenvalue weighted by Crippen LogP contribution is -2.26. The summed E-state index contributed by atoms with van der Waals surface area (Å²) >= 11 is 0. The van der Waals surface area contributed by atoms with E-state index in [4.69, 9.17) is 9.15 Å². The fourth-order valence-corrected chi connectivity index (χ4v) is 2.95. The number of hydrogen-bond donors (Lipinski definition) is 0. The molecular weight excluding hydrogens is 346 g/mol. The van der Waals surface area contributed by atoms with Crippen LogP contribution in [0.1, 0.15) is 5.89 Å². The molecule has 136 valence electrons. The second-order valence-electron chi connectivity index (χ2n) is 6.06. The molecule has 2 aromatic heterocycles. The van der Waals surface area contributed by atoms with Crippen LogP contribution in [-0.2, 0) is 29.7 Å². The summed E-state index contributed by atoms with van der Waals surface area (Å²) in [5, 5.41) is 0. The summed E-state index contributed by atoms with van der Waals surface area (Å²) in [4.78, 5) is 28.7. The molecule has 7 heteroatoms. The Morgan fingerprint density at radius 2 is 1.78 bits per heavy atom. The van der Waals surface area contributed by atoms with Gasteiger partial charge in [-0.1, -0.05) is 42.5 Å². The largest absolute Gasteiger partial charge is 0.454 e. The third-order valence-corrected chi connectivity index (χ3v) is 4.31. The van der Waals surface area contributed by atoms with Gasteiger partial charge in [-0.2, -0.15) is 0 Å². The zero-order chi connectivity index (χ0) is 18.8. The van der Waals surface area contributed by atoms with Crippen LogP contribution in [0.5, 0.6) is 0 Å². The van der Waals surface area contributed by atoms with Crippen LogP contribution in [-0.4, -0.2) is 20.1 Å². The first-order valence-corrected chi connectivity index (χ1v) is 8.43. The van der Waals surface area contributed by atoms with Crippen LogP contribution in [0.4, 0.5) is 0 Å². The molecule has 0 bridgehead atoms. The number of fused-ring (bicyclic) bond motifs is 1. The fraction of sp³-hybridized carbons (Fsp3) is 0.150. The second-order valence-corrected chi connectivity index (χ2v) is 6.06. The Morgan fingerprint density at radius 1 is 1.07 bits per heavy atom. The van der Waals surface area contributed by atoms with E-state index in [1.54, 1.807) is 19.3 Å². The van der Waals surface area contributed by atoms with Crippen molar-refractivity contribution in [3.8, 4) is 11.3 Å². The van der Waals surface area contributed by atoms with Crippen molar-refractivity contribution >= 4 is 17.0 Å². The van der Waals surface area contributed by atoms with E-state index in [0.29, 0.717) is 17.2 Å². The number of hydrogen-bond acceptors (Lipinski definition) is 5. The van der Waals surface area contributed by atoms with Gasteiger partial charge < -0.3 is 9.15 Å². The van der Waals surface area contributed by atoms with E-state index in [-0.39, 0.29) is 18.8 Å². The van der Waals surface area contributed by atoms with Gasteiger partial charge in [-0.3, -0.25) is 13.9 Å². The Hall–Kier alpha value is -3.61. The molecule has 0 aliphatic rings. The maximum atomic E-state index is 12.3. The highest BCUT2D eigenvalue weighted by molar-refractivity contribution is 5.78. The molecule has 0 aliphatic carbocycles. The van der Waals surface area contributed by atoms with E-state index < -0.39 is 5.97 Å². The van der Waals surface area contributed by atoms with Gasteiger partial charge in [0.1, 0.15) is 6.54 Å². The smallest absolute Gasteiger partial charge is 0.329 e. The van der Waals surface area contributed by atoms with Gasteiger partial charge in [0, 0.05) is 12.6 Å². The zero-order valence-corrected chi connectivity index (χ0v) is 14.7. The van der Waals surface area contributed by atoms with Crippen LogP contribution in [0.15, 0.2) is 70.0 Å². The molecule has 2 heterocycles. The summed E-state index contributed by atoms with van der Waals surface area (Å²) in [5.41, 5.74) is 2.07. The van der Waals surface area contributed by atoms with Crippen LogP contribution < -0.4 is 5.69 Å². The lowest BCUT2D eigenvalue weighted by atomic mass is 10.2. The van der Waals surface area contributed by atoms with E-state index >= 15 is 0 Å². The highest BCUT2D eigenvalue weighted by Gasteiger charge is 2.15. The first-order valence-electron chi connectivity index (χ1n) is 8.43. The minimum atomic E-state index is -0.534. The first kappa shape index (κ1) is 16.8. The normalized spacial score (nSPS) is 11.0. The highest BCUT2D eigenvalue weighted by Crippen LogP contribution is 2.20. The van der Waals surface area contributed by atoms with Crippen molar-refractivity contribution in [1.29, 1.82) is 0 Å². The minimum Gasteiger partial charge on any atom is -0.454 e. The fourth-order valence-electron chi connectivity index (χ4n) is 2.95. The topological polar surface area (TPSA) is 79.3 Å². The van der Waals surface area contributed by atoms with Crippen molar-refractivity contribution in [2.45, 2.75) is 13.2 Å². The van der Waals surface area contributed by atoms with Crippen LogP contribution >= 0.6 is 0 Å². The predicted octanol–water partition coefficient (Wildman–Crippen LogP) is 2.74. The number of benzene rings is 2. The van der Waals surface area contributed by atoms with Crippen LogP contribution in [0.2, 0.25) is 0 Å². The van der Waals surface area contributed by atoms with Gasteiger partial charge in [0.25, 0.3) is 0 Å². The molecule has 7 nitrogen and oxygen atoms in total. The molecule has 0 saturated heterocycles. The molecule has 0 radical (unpaired) electrons. The van der Waals surface area contributed by atoms with Gasteiger partial charge in [-0.05, 0) is 12.1 Å². The number of rotatable bonds is 5. The molecule has 2 aromatic carbocycles. The average molecular weight is 363 g/mol. The number of carbonyl (C=O) groups excluding carboxylic acids is 1. The number of para-hydroxylation sites is 2. The standard InChI is InChI=1S/C20H17N3O4/c1-22-15-9-5-6-10-16(15)23(20(22)25)12-19(24)26-13-18-21-11-17(27-18)14-7-3-2-4-8-14/h2-11H,12-13H2,1H3. The van der Waals surface area contributed by atoms with E-state index in [2.05, 4.69) is 4.98 Å². The maximum absolute atomic E-state index is 12.3. The minimum absolute atomic E-state index is 0.0921. The van der Waals surface area contributed by atoms with Crippen molar-refractivity contribution in [2.24, 2.45) is 7.05 Å². The Bertz CT molecular complexity index is 1150. The van der Waals surface area contributed by atoms with E-state index in [1.807, 2.05) is 48.5 Å². The molecule has 0 atom stereocenters. The number of ether oxygens (including phenoxy) is 1. The van der Waals surface area contributed by atoms with Crippen LogP contribution in [0.25, 0.3) is 22.4 Å². The molecule has 0 fully saturated rings. The molecule has 0 saturated carbocycles. The third kappa shape index (κ3) is 3.27. The second kappa shape index (κ2) is 6.95. The predicted molar refractivity (Wildman–Crippen MR) is 98.9 cm³/mol. The number of carbonyl (C=O) groups is 1. The Labute approximate surface area is 154 Å². The molecule has 27 heavy (non-hydrogen) atoms. The van der Waals surface area contributed by atoms with Gasteiger partial charge in [0.2, 0.25) is 5.89 Å². The van der Waals surface area contributed by atoms with Gasteiger partial charge in [0.15, 0.2) is 12.4 Å². The number of esters is 1. The van der Waals surface area contributed by atoms with Crippen molar-refractivity contribution in [1.82, 2.24) is 14.1 Å². The Kier molecular flexibility index (Phi) is 4.33. The summed E-state index contributed by atoms with van der Waals surface area (Å²) in [7, 11) is 1.67. The van der Waals surface area contributed by atoms with E-state index in [9.17, 15) is 9.59 Å². The van der Waals surface area contributed by atoms with E-state index in [0.717, 1.165) is 11.1 Å². The first-order chi connectivity index (χ1) is 13.1. The molecule has 0 N–H and O–H groups in total. The number of aromatic nitrogens is 3. The Balaban J connectivity index is 1.45. The van der Waals surface area contributed by atoms with Crippen molar-refractivity contribution < 1.29 is 13.9 Å². The summed E-state index contributed by atoms with van der Waals surface area (Å²) in [6.07, 6.45) is 1.59. The number of aryl methyl sites for hydroxylation is 1. The van der Waals surface area contributed by atoms with Gasteiger partial charge in [-0.25, -0.2) is 9.78 Å². The van der Waals surface area contributed by atoms with Gasteiger partial charge >= 0.3 is 11.7 Å². The summed E-state index contributed by atoms with van der Waals surface area (Å²) in [5.74, 6) is 0.368. The lowest BCUT2D eigenvalue weighted by Gasteiger charge is -2.04. The van der Waals surface area contributed by atoms with Gasteiger partial charge in [-0.15, -0.1) is 0 Å². The molecule has 4 rings (SSSR count). The third-order valence-electron chi connectivity index (χ3n) is 4.31. The zero-order valence-electron chi connectivity index (χ0n) is 14.7. The number of oxazole rings is 1. The van der Waals surface area contributed by atoms with E-state index in [1.165, 1.54) is 9.13 Å². The SMILES string of the molecule is Cn1c(=O)n(CC(=O)OCc2ncc(-c3ccccc3)o2)c2ccccc21. The van der Waals surface area contributed by atoms with Crippen LogP contribution in [0, 0.1) is 0 Å². The maximum Gasteiger partial charge on any atom is 0.329 e. The van der Waals surface area contributed by atoms with Crippen molar-refractivity contribution in [3.63, 3.8) is 0 Å². The quantitative estimate of drug-likeness (QED) is 0.510. The molecule has 0 spiro atoms. The molecule has 0 unspecified atom stereocenters. The van der Waals surface area contributed by atoms with Gasteiger partial charge in [0.05, 0.1) is 17.2 Å². The Morgan fingerprint density at radius 3 is 2.56 bits per heavy atom.